The second-order valence-electron chi connectivity index (χ2n) is 11.3. The monoisotopic (exact) mass is 507 g/mol. The quantitative estimate of drug-likeness (QED) is 0.232. The molecule has 2 aliphatic rings. The third-order valence-corrected chi connectivity index (χ3v) is 9.47. The molecule has 1 aromatic heterocycles. The van der Waals surface area contributed by atoms with Crippen LogP contribution in [0.1, 0.15) is 27.8 Å². The zero-order valence-corrected chi connectivity index (χ0v) is 22.3. The molecule has 0 saturated heterocycles. The lowest BCUT2D eigenvalue weighted by atomic mass is 9.29. The van der Waals surface area contributed by atoms with Crippen molar-refractivity contribution in [1.82, 2.24) is 4.57 Å². The van der Waals surface area contributed by atoms with E-state index in [0.717, 1.165) is 0 Å². The van der Waals surface area contributed by atoms with Crippen LogP contribution < -0.4 is 16.4 Å². The lowest BCUT2D eigenvalue weighted by molar-refractivity contribution is 0.750. The Morgan fingerprint density at radius 1 is 0.550 bits per heavy atom. The number of benzene rings is 6. The Morgan fingerprint density at radius 2 is 1.20 bits per heavy atom. The molecule has 2 heteroatoms. The fraction of sp³-hybridized carbons (Fsp3) is 0.0526. The molecule has 0 atom stereocenters. The largest absolute Gasteiger partial charge is 0.310 e. The summed E-state index contributed by atoms with van der Waals surface area (Å²) in [6.45, 7) is 2.43. The van der Waals surface area contributed by atoms with E-state index < -0.39 is 5.41 Å². The van der Waals surface area contributed by atoms with Gasteiger partial charge in [0.05, 0.1) is 10.9 Å². The number of para-hydroxylation sites is 1. The zero-order chi connectivity index (χ0) is 26.4. The summed E-state index contributed by atoms with van der Waals surface area (Å²) in [7, 11) is 0. The van der Waals surface area contributed by atoms with E-state index in [1.807, 2.05) is 0 Å². The van der Waals surface area contributed by atoms with Crippen LogP contribution in [0.4, 0.5) is 0 Å². The highest BCUT2D eigenvalue weighted by molar-refractivity contribution is 6.99. The van der Waals surface area contributed by atoms with Gasteiger partial charge < -0.3 is 4.57 Å². The van der Waals surface area contributed by atoms with Crippen molar-refractivity contribution in [2.75, 3.05) is 0 Å². The summed E-state index contributed by atoms with van der Waals surface area (Å²) >= 11 is 0. The van der Waals surface area contributed by atoms with Crippen LogP contribution in [0.25, 0.3) is 27.5 Å². The zero-order valence-electron chi connectivity index (χ0n) is 22.3. The number of aromatic nitrogens is 1. The predicted molar refractivity (Wildman–Crippen MR) is 168 cm³/mol. The Bertz CT molecular complexity index is 2080. The average Bonchev–Trinajstić information content (AvgIpc) is 3.38. The van der Waals surface area contributed by atoms with Crippen molar-refractivity contribution in [1.29, 1.82) is 0 Å². The summed E-state index contributed by atoms with van der Waals surface area (Å²) in [4.78, 5) is 0. The first-order valence-corrected chi connectivity index (χ1v) is 14.2. The van der Waals surface area contributed by atoms with E-state index >= 15 is 0 Å². The minimum Gasteiger partial charge on any atom is -0.310 e. The third kappa shape index (κ3) is 2.55. The van der Waals surface area contributed by atoms with E-state index in [0.29, 0.717) is 0 Å². The van der Waals surface area contributed by atoms with Gasteiger partial charge in [0.2, 0.25) is 6.71 Å². The molecule has 7 aromatic rings. The van der Waals surface area contributed by atoms with E-state index in [2.05, 4.69) is 151 Å². The Balaban J connectivity index is 1.54. The van der Waals surface area contributed by atoms with Gasteiger partial charge in [-0.15, -0.1) is 0 Å². The lowest BCUT2D eigenvalue weighted by Crippen LogP contribution is -2.64. The second-order valence-corrected chi connectivity index (χ2v) is 11.3. The first-order chi connectivity index (χ1) is 19.8. The van der Waals surface area contributed by atoms with Crippen LogP contribution in [-0.2, 0) is 5.41 Å². The highest BCUT2D eigenvalue weighted by Gasteiger charge is 2.50. The van der Waals surface area contributed by atoms with Gasteiger partial charge in [0.1, 0.15) is 0 Å². The summed E-state index contributed by atoms with van der Waals surface area (Å²) < 4.78 is 2.55. The van der Waals surface area contributed by atoms with E-state index in [1.165, 1.54) is 71.7 Å². The van der Waals surface area contributed by atoms with Crippen LogP contribution in [0.2, 0.25) is 0 Å². The molecule has 0 saturated carbocycles. The van der Waals surface area contributed by atoms with Crippen molar-refractivity contribution in [2.24, 2.45) is 0 Å². The minimum atomic E-state index is -0.425. The maximum atomic E-state index is 2.55. The number of nitrogens with zero attached hydrogens (tertiary/aromatic N) is 1. The van der Waals surface area contributed by atoms with E-state index in [4.69, 9.17) is 0 Å². The van der Waals surface area contributed by atoms with E-state index in [1.54, 1.807) is 0 Å². The number of hydrogen-bond acceptors (Lipinski definition) is 0. The van der Waals surface area contributed by atoms with Crippen LogP contribution in [0.5, 0.6) is 0 Å². The molecule has 6 aromatic carbocycles. The summed E-state index contributed by atoms with van der Waals surface area (Å²) in [6, 6.07) is 52.1. The summed E-state index contributed by atoms with van der Waals surface area (Å²) in [5.74, 6) is 0. The lowest BCUT2D eigenvalue weighted by Gasteiger charge is -2.46. The van der Waals surface area contributed by atoms with Gasteiger partial charge in [-0.05, 0) is 57.8 Å². The topological polar surface area (TPSA) is 4.93 Å². The smallest absolute Gasteiger partial charge is 0.247 e. The molecule has 0 aliphatic carbocycles. The highest BCUT2D eigenvalue weighted by Crippen LogP contribution is 2.47. The minimum absolute atomic E-state index is 0.169. The maximum absolute atomic E-state index is 2.55. The van der Waals surface area contributed by atoms with Crippen molar-refractivity contribution in [3.63, 3.8) is 0 Å². The second kappa shape index (κ2) is 7.86. The molecule has 40 heavy (non-hydrogen) atoms. The Morgan fingerprint density at radius 3 is 1.98 bits per heavy atom. The maximum Gasteiger partial charge on any atom is 0.247 e. The van der Waals surface area contributed by atoms with Gasteiger partial charge in [0.15, 0.2) is 0 Å². The molecular weight excluding hydrogens is 481 g/mol. The van der Waals surface area contributed by atoms with E-state index in [-0.39, 0.29) is 6.71 Å². The molecule has 0 spiro atoms. The normalized spacial score (nSPS) is 14.3. The van der Waals surface area contributed by atoms with Crippen LogP contribution in [-0.4, -0.2) is 11.3 Å². The number of fused-ring (bicyclic) bond motifs is 7. The summed E-state index contributed by atoms with van der Waals surface area (Å²) in [5.41, 5.74) is 14.4. The Hall–Kier alpha value is -4.82. The number of aryl methyl sites for hydroxylation is 1. The number of rotatable bonds is 2. The average molecular weight is 507 g/mol. The van der Waals surface area contributed by atoms with Crippen molar-refractivity contribution in [3.05, 3.63) is 167 Å². The van der Waals surface area contributed by atoms with Gasteiger partial charge in [-0.25, -0.2) is 0 Å². The first kappa shape index (κ1) is 22.0. The fourth-order valence-electron chi connectivity index (χ4n) is 8.03. The highest BCUT2D eigenvalue weighted by atomic mass is 15.0. The first-order valence-electron chi connectivity index (χ1n) is 14.2. The molecule has 0 fully saturated rings. The third-order valence-electron chi connectivity index (χ3n) is 9.47. The van der Waals surface area contributed by atoms with Crippen LogP contribution >= 0.6 is 0 Å². The molecule has 0 N–H and O–H groups in total. The van der Waals surface area contributed by atoms with Crippen LogP contribution in [0.3, 0.4) is 0 Å². The van der Waals surface area contributed by atoms with Gasteiger partial charge >= 0.3 is 0 Å². The fourth-order valence-corrected chi connectivity index (χ4v) is 8.03. The molecule has 0 radical (unpaired) electrons. The molecule has 1 nitrogen and oxygen atoms in total. The molecule has 2 aliphatic heterocycles. The summed E-state index contributed by atoms with van der Waals surface area (Å²) in [6.07, 6.45) is 0. The molecule has 3 heterocycles. The Kier molecular flexibility index (Phi) is 4.34. The molecule has 0 unspecified atom stereocenters. The van der Waals surface area contributed by atoms with Gasteiger partial charge in [0.25, 0.3) is 0 Å². The van der Waals surface area contributed by atoms with Crippen molar-refractivity contribution in [2.45, 2.75) is 12.3 Å². The predicted octanol–water partition coefficient (Wildman–Crippen LogP) is 6.62. The SMILES string of the molecule is Cc1ccc2c3c1c1ccccc1n3-c1cccc3c1B2c1ccccc1C3(c1ccccc1)c1ccccc1. The molecule has 186 valence electrons. The standard InChI is InChI=1S/C38H26BN/c1-25-23-24-32-37-35(25)28-17-8-11-21-33(28)40(37)34-22-12-19-30-36(34)39(32)31-20-10-9-18-29(31)38(30,26-13-4-2-5-14-26)27-15-6-3-7-16-27/h2-24H,1H3. The van der Waals surface area contributed by atoms with Gasteiger partial charge in [-0.2, -0.15) is 0 Å². The van der Waals surface area contributed by atoms with Crippen molar-refractivity contribution in [3.8, 4) is 5.69 Å². The van der Waals surface area contributed by atoms with Gasteiger partial charge in [0, 0.05) is 22.0 Å². The van der Waals surface area contributed by atoms with Crippen molar-refractivity contribution >= 4 is 44.9 Å². The number of hydrogen-bond donors (Lipinski definition) is 0. The molecule has 0 amide bonds. The van der Waals surface area contributed by atoms with E-state index in [9.17, 15) is 0 Å². The van der Waals surface area contributed by atoms with Gasteiger partial charge in [-0.3, -0.25) is 0 Å². The molecular formula is C38H26BN. The van der Waals surface area contributed by atoms with Gasteiger partial charge in [-0.1, -0.05) is 133 Å². The molecule has 0 bridgehead atoms. The van der Waals surface area contributed by atoms with Crippen LogP contribution in [0.15, 0.2) is 140 Å². The summed E-state index contributed by atoms with van der Waals surface area (Å²) in [5, 5.41) is 2.71. The van der Waals surface area contributed by atoms with Crippen LogP contribution in [0, 0.1) is 6.92 Å². The Labute approximate surface area is 234 Å². The van der Waals surface area contributed by atoms with Crippen molar-refractivity contribution < 1.29 is 0 Å². The molecule has 9 rings (SSSR count).